The zero-order valence-electron chi connectivity index (χ0n) is 21.1. The van der Waals surface area contributed by atoms with Crippen molar-refractivity contribution in [2.24, 2.45) is 52.3 Å². The van der Waals surface area contributed by atoms with Crippen LogP contribution in [0.3, 0.4) is 0 Å². The van der Waals surface area contributed by atoms with Crippen LogP contribution in [0.25, 0.3) is 0 Å². The third-order valence-corrected chi connectivity index (χ3v) is 11.6. The summed E-state index contributed by atoms with van der Waals surface area (Å²) in [5, 5.41) is 10.3. The lowest BCUT2D eigenvalue weighted by Gasteiger charge is -2.58. The van der Waals surface area contributed by atoms with Gasteiger partial charge in [0.1, 0.15) is 0 Å². The molecule has 0 spiro atoms. The molecule has 0 aromatic carbocycles. The smallest absolute Gasteiger partial charge is 0.0875 e. The molecule has 1 saturated heterocycles. The molecule has 3 saturated carbocycles. The van der Waals surface area contributed by atoms with Gasteiger partial charge in [0.05, 0.1) is 18.3 Å². The molecule has 2 nitrogen and oxygen atoms in total. The second-order valence-electron chi connectivity index (χ2n) is 13.1. The molecule has 5 aliphatic rings. The van der Waals surface area contributed by atoms with Crippen molar-refractivity contribution in [3.8, 4) is 0 Å². The predicted molar refractivity (Wildman–Crippen MR) is 128 cm³/mol. The van der Waals surface area contributed by atoms with E-state index in [1.54, 1.807) is 5.57 Å². The number of ether oxygens (including phenoxy) is 1. The molecule has 4 aliphatic carbocycles. The molecule has 0 aromatic rings. The van der Waals surface area contributed by atoms with Crippen molar-refractivity contribution >= 4 is 0 Å². The first-order valence-corrected chi connectivity index (χ1v) is 13.7. The summed E-state index contributed by atoms with van der Waals surface area (Å²) in [6.07, 6.45) is 14.9. The lowest BCUT2D eigenvalue weighted by atomic mass is 9.47. The van der Waals surface area contributed by atoms with Crippen molar-refractivity contribution in [1.82, 2.24) is 0 Å². The standard InChI is InChI=1S/C29H48O2/c1-7-21(17(2)3)27-26(31-27)18(4)23-10-11-24-22-9-8-19-16-20(30)12-14-28(19,5)25(22)13-15-29(23,24)6/h8,17-18,20-27,30H,7,9-16H2,1-6H3/t18-,20-,21-,22?,23?,24?,25?,26-,27-,28-,29+/m0/s1. The molecule has 4 unspecified atom stereocenters. The number of fused-ring (bicyclic) bond motifs is 5. The van der Waals surface area contributed by atoms with Crippen molar-refractivity contribution in [1.29, 1.82) is 0 Å². The Labute approximate surface area is 191 Å². The van der Waals surface area contributed by atoms with Gasteiger partial charge in [0, 0.05) is 0 Å². The fourth-order valence-electron chi connectivity index (χ4n) is 9.76. The predicted octanol–water partition coefficient (Wildman–Crippen LogP) is 7.01. The summed E-state index contributed by atoms with van der Waals surface area (Å²) in [6, 6.07) is 0. The first-order chi connectivity index (χ1) is 14.7. The molecule has 5 rings (SSSR count). The topological polar surface area (TPSA) is 32.8 Å². The van der Waals surface area contributed by atoms with Gasteiger partial charge < -0.3 is 9.84 Å². The number of hydrogen-bond donors (Lipinski definition) is 1. The van der Waals surface area contributed by atoms with Crippen molar-refractivity contribution < 1.29 is 9.84 Å². The summed E-state index contributed by atoms with van der Waals surface area (Å²) in [4.78, 5) is 0. The van der Waals surface area contributed by atoms with Crippen LogP contribution < -0.4 is 0 Å². The van der Waals surface area contributed by atoms with E-state index in [9.17, 15) is 5.11 Å². The first kappa shape index (κ1) is 22.5. The van der Waals surface area contributed by atoms with Crippen LogP contribution in [0.1, 0.15) is 99.3 Å². The largest absolute Gasteiger partial charge is 0.393 e. The van der Waals surface area contributed by atoms with E-state index in [2.05, 4.69) is 47.6 Å². The highest BCUT2D eigenvalue weighted by Gasteiger charge is 2.61. The van der Waals surface area contributed by atoms with Crippen LogP contribution in [0.5, 0.6) is 0 Å². The van der Waals surface area contributed by atoms with Gasteiger partial charge in [-0.25, -0.2) is 0 Å². The fourth-order valence-corrected chi connectivity index (χ4v) is 9.76. The Bertz CT molecular complexity index is 712. The number of rotatable bonds is 5. The highest BCUT2D eigenvalue weighted by molar-refractivity contribution is 5.25. The second kappa shape index (κ2) is 7.86. The van der Waals surface area contributed by atoms with Gasteiger partial charge >= 0.3 is 0 Å². The summed E-state index contributed by atoms with van der Waals surface area (Å²) < 4.78 is 6.40. The Kier molecular flexibility index (Phi) is 5.70. The molecule has 176 valence electrons. The van der Waals surface area contributed by atoms with Crippen LogP contribution in [0, 0.1) is 52.3 Å². The molecule has 11 atom stereocenters. The molecule has 1 heterocycles. The van der Waals surface area contributed by atoms with Crippen LogP contribution >= 0.6 is 0 Å². The molecule has 1 N–H and O–H groups in total. The second-order valence-corrected chi connectivity index (χ2v) is 13.1. The normalized spacial score (nSPS) is 50.8. The van der Waals surface area contributed by atoms with E-state index in [0.717, 1.165) is 48.3 Å². The maximum atomic E-state index is 10.3. The Morgan fingerprint density at radius 1 is 1.03 bits per heavy atom. The van der Waals surface area contributed by atoms with Gasteiger partial charge in [0.15, 0.2) is 0 Å². The maximum absolute atomic E-state index is 10.3. The average Bonchev–Trinajstić information content (AvgIpc) is 3.42. The van der Waals surface area contributed by atoms with Gasteiger partial charge in [-0.3, -0.25) is 0 Å². The monoisotopic (exact) mass is 428 g/mol. The van der Waals surface area contributed by atoms with E-state index in [-0.39, 0.29) is 6.10 Å². The molecular formula is C29H48O2. The Morgan fingerprint density at radius 3 is 2.52 bits per heavy atom. The minimum atomic E-state index is -0.0919. The van der Waals surface area contributed by atoms with Crippen LogP contribution in [0.4, 0.5) is 0 Å². The highest BCUT2D eigenvalue weighted by atomic mass is 16.6. The van der Waals surface area contributed by atoms with Crippen LogP contribution in [0.15, 0.2) is 11.6 Å². The number of aliphatic hydroxyl groups excluding tert-OH is 1. The zero-order chi connectivity index (χ0) is 22.1. The maximum Gasteiger partial charge on any atom is 0.0875 e. The molecule has 0 radical (unpaired) electrons. The van der Waals surface area contributed by atoms with Crippen molar-refractivity contribution in [2.45, 2.75) is 118 Å². The van der Waals surface area contributed by atoms with Gasteiger partial charge in [0.2, 0.25) is 0 Å². The number of epoxide rings is 1. The SMILES string of the molecule is CC[C@@H](C(C)C)[C@@H]1O[C@H]1[C@@H](C)C1CCC2C3CC=C4C[C@@H](O)CC[C@]4(C)C3CC[C@@]21C. The van der Waals surface area contributed by atoms with E-state index in [0.29, 0.717) is 29.0 Å². The van der Waals surface area contributed by atoms with Crippen LogP contribution in [-0.2, 0) is 4.74 Å². The van der Waals surface area contributed by atoms with E-state index in [4.69, 9.17) is 4.74 Å². The molecule has 2 heteroatoms. The Balaban J connectivity index is 1.33. The summed E-state index contributed by atoms with van der Waals surface area (Å²) in [7, 11) is 0. The van der Waals surface area contributed by atoms with Gasteiger partial charge in [0.25, 0.3) is 0 Å². The van der Waals surface area contributed by atoms with Gasteiger partial charge in [-0.2, -0.15) is 0 Å². The summed E-state index contributed by atoms with van der Waals surface area (Å²) in [5.74, 6) is 5.62. The molecule has 0 bridgehead atoms. The first-order valence-electron chi connectivity index (χ1n) is 13.7. The van der Waals surface area contributed by atoms with Crippen LogP contribution in [0.2, 0.25) is 0 Å². The van der Waals surface area contributed by atoms with E-state index in [1.165, 1.54) is 44.9 Å². The van der Waals surface area contributed by atoms with Crippen molar-refractivity contribution in [2.75, 3.05) is 0 Å². The molecule has 1 aliphatic heterocycles. The van der Waals surface area contributed by atoms with E-state index in [1.807, 2.05) is 0 Å². The molecule has 4 fully saturated rings. The lowest BCUT2D eigenvalue weighted by Crippen LogP contribution is -2.51. The molecule has 0 aromatic heterocycles. The Morgan fingerprint density at radius 2 is 1.81 bits per heavy atom. The molecule has 31 heavy (non-hydrogen) atoms. The lowest BCUT2D eigenvalue weighted by molar-refractivity contribution is -0.0582. The van der Waals surface area contributed by atoms with Gasteiger partial charge in [-0.1, -0.05) is 59.6 Å². The summed E-state index contributed by atoms with van der Waals surface area (Å²) in [6.45, 7) is 14.9. The fraction of sp³-hybridized carbons (Fsp3) is 0.931. The third-order valence-electron chi connectivity index (χ3n) is 11.6. The quantitative estimate of drug-likeness (QED) is 0.377. The zero-order valence-corrected chi connectivity index (χ0v) is 21.1. The van der Waals surface area contributed by atoms with Crippen molar-refractivity contribution in [3.05, 3.63) is 11.6 Å². The van der Waals surface area contributed by atoms with E-state index < -0.39 is 0 Å². The van der Waals surface area contributed by atoms with Gasteiger partial charge in [-0.15, -0.1) is 0 Å². The minimum absolute atomic E-state index is 0.0919. The van der Waals surface area contributed by atoms with E-state index >= 15 is 0 Å². The van der Waals surface area contributed by atoms with Gasteiger partial charge in [-0.05, 0) is 104 Å². The summed E-state index contributed by atoms with van der Waals surface area (Å²) >= 11 is 0. The molecule has 0 amide bonds. The average molecular weight is 429 g/mol. The number of aliphatic hydroxyl groups is 1. The number of allylic oxidation sites excluding steroid dienone is 1. The van der Waals surface area contributed by atoms with Crippen LogP contribution in [-0.4, -0.2) is 23.4 Å². The molecular weight excluding hydrogens is 380 g/mol. The Hall–Kier alpha value is -0.340. The highest BCUT2D eigenvalue weighted by Crippen LogP contribution is 2.68. The van der Waals surface area contributed by atoms with Crippen molar-refractivity contribution in [3.63, 3.8) is 0 Å². The summed E-state index contributed by atoms with van der Waals surface area (Å²) in [5.41, 5.74) is 2.48. The third kappa shape index (κ3) is 3.40. The number of hydrogen-bond acceptors (Lipinski definition) is 2. The minimum Gasteiger partial charge on any atom is -0.393 e.